The van der Waals surface area contributed by atoms with E-state index in [9.17, 15) is 9.59 Å². The molecule has 0 unspecified atom stereocenters. The lowest BCUT2D eigenvalue weighted by atomic mass is 9.96. The fourth-order valence-corrected chi connectivity index (χ4v) is 3.56. The van der Waals surface area contributed by atoms with Crippen molar-refractivity contribution >= 4 is 22.6 Å². The van der Waals surface area contributed by atoms with Crippen molar-refractivity contribution in [3.63, 3.8) is 0 Å². The molecule has 2 aromatic heterocycles. The minimum absolute atomic E-state index is 0.157. The molecule has 1 fully saturated rings. The van der Waals surface area contributed by atoms with Gasteiger partial charge in [0, 0.05) is 42.2 Å². The van der Waals surface area contributed by atoms with Crippen LogP contribution in [0.4, 0.5) is 0 Å². The number of fused-ring (bicyclic) bond motifs is 1. The number of benzene rings is 1. The van der Waals surface area contributed by atoms with Gasteiger partial charge >= 0.3 is 0 Å². The number of piperidine rings is 1. The molecular weight excluding hydrogens is 344 g/mol. The van der Waals surface area contributed by atoms with Gasteiger partial charge in [0.1, 0.15) is 0 Å². The number of aromatic nitrogens is 4. The predicted molar refractivity (Wildman–Crippen MR) is 99.2 cm³/mol. The van der Waals surface area contributed by atoms with Gasteiger partial charge in [0.25, 0.3) is 5.91 Å². The highest BCUT2D eigenvalue weighted by molar-refractivity contribution is 5.94. The first-order valence-corrected chi connectivity index (χ1v) is 8.90. The second-order valence-electron chi connectivity index (χ2n) is 6.78. The molecule has 0 spiro atoms. The van der Waals surface area contributed by atoms with E-state index in [0.717, 1.165) is 16.5 Å². The zero-order valence-electron chi connectivity index (χ0n) is 15.0. The number of carbonyl (C=O) groups is 2. The van der Waals surface area contributed by atoms with Crippen molar-refractivity contribution in [2.45, 2.75) is 19.8 Å². The molecular formula is C19H20N6O2. The number of rotatable bonds is 3. The quantitative estimate of drug-likeness (QED) is 0.757. The molecule has 1 aliphatic rings. The Morgan fingerprint density at radius 1 is 1.19 bits per heavy atom. The van der Waals surface area contributed by atoms with Gasteiger partial charge in [-0.25, -0.2) is 4.68 Å². The van der Waals surface area contributed by atoms with Crippen LogP contribution in [0.1, 0.15) is 29.0 Å². The molecule has 1 aliphatic heterocycles. The van der Waals surface area contributed by atoms with Crippen molar-refractivity contribution < 1.29 is 9.59 Å². The highest BCUT2D eigenvalue weighted by atomic mass is 16.2. The summed E-state index contributed by atoms with van der Waals surface area (Å²) in [6.45, 7) is 2.83. The molecule has 0 aliphatic carbocycles. The average molecular weight is 364 g/mol. The number of hydrogen-bond donors (Lipinski definition) is 1. The summed E-state index contributed by atoms with van der Waals surface area (Å²) in [7, 11) is 0. The van der Waals surface area contributed by atoms with Crippen molar-refractivity contribution in [1.82, 2.24) is 24.9 Å². The molecule has 2 N–H and O–H groups in total. The van der Waals surface area contributed by atoms with Gasteiger partial charge in [-0.3, -0.25) is 14.6 Å². The summed E-state index contributed by atoms with van der Waals surface area (Å²) < 4.78 is 1.69. The lowest BCUT2D eigenvalue weighted by Gasteiger charge is -2.30. The number of carbonyl (C=O) groups excluding carboxylic acids is 2. The molecule has 138 valence electrons. The molecule has 3 aromatic rings. The molecule has 4 rings (SSSR count). The molecule has 27 heavy (non-hydrogen) atoms. The zero-order valence-corrected chi connectivity index (χ0v) is 15.0. The Hall–Kier alpha value is -3.29. The van der Waals surface area contributed by atoms with Crippen LogP contribution in [-0.4, -0.2) is 49.8 Å². The van der Waals surface area contributed by atoms with Crippen LogP contribution in [-0.2, 0) is 4.79 Å². The van der Waals surface area contributed by atoms with E-state index >= 15 is 0 Å². The standard InChI is InChI=1S/C19H20N6O2/c1-12-17(19(27)24-9-6-13(7-10-24)18(20)26)22-23-25(12)16-4-2-3-14-11-21-8-5-15(14)16/h2-5,8,11,13H,6-7,9-10H2,1H3,(H2,20,26). The Bertz CT molecular complexity index is 1010. The highest BCUT2D eigenvalue weighted by Gasteiger charge is 2.29. The molecule has 1 saturated heterocycles. The fourth-order valence-electron chi connectivity index (χ4n) is 3.56. The predicted octanol–water partition coefficient (Wildman–Crippen LogP) is 1.46. The average Bonchev–Trinajstić information content (AvgIpc) is 3.08. The number of hydrogen-bond acceptors (Lipinski definition) is 5. The van der Waals surface area contributed by atoms with E-state index in [2.05, 4.69) is 15.3 Å². The molecule has 0 bridgehead atoms. The SMILES string of the molecule is Cc1c(C(=O)N2CCC(C(N)=O)CC2)nnn1-c1cccc2cnccc12. The van der Waals surface area contributed by atoms with Crippen molar-refractivity contribution in [3.8, 4) is 5.69 Å². The Labute approximate surface area is 156 Å². The highest BCUT2D eigenvalue weighted by Crippen LogP contribution is 2.24. The fraction of sp³-hybridized carbons (Fsp3) is 0.316. The lowest BCUT2D eigenvalue weighted by molar-refractivity contribution is -0.123. The third-order valence-corrected chi connectivity index (χ3v) is 5.17. The van der Waals surface area contributed by atoms with E-state index in [0.29, 0.717) is 37.3 Å². The normalized spacial score (nSPS) is 15.2. The number of amides is 2. The monoisotopic (exact) mass is 364 g/mol. The smallest absolute Gasteiger partial charge is 0.276 e. The summed E-state index contributed by atoms with van der Waals surface area (Å²) in [6, 6.07) is 7.77. The van der Waals surface area contributed by atoms with Crippen LogP contribution < -0.4 is 5.73 Å². The Kier molecular flexibility index (Phi) is 4.31. The molecule has 0 radical (unpaired) electrons. The molecule has 3 heterocycles. The van der Waals surface area contributed by atoms with Gasteiger partial charge in [-0.05, 0) is 31.9 Å². The summed E-state index contributed by atoms with van der Waals surface area (Å²) in [5, 5.41) is 10.3. The molecule has 2 amide bonds. The number of primary amides is 1. The van der Waals surface area contributed by atoms with E-state index in [1.807, 2.05) is 31.2 Å². The van der Waals surface area contributed by atoms with Gasteiger partial charge in [-0.1, -0.05) is 17.3 Å². The summed E-state index contributed by atoms with van der Waals surface area (Å²) in [5.74, 6) is -0.617. The Morgan fingerprint density at radius 3 is 2.70 bits per heavy atom. The van der Waals surface area contributed by atoms with Crippen molar-refractivity contribution in [2.24, 2.45) is 11.7 Å². The number of nitrogens with two attached hydrogens (primary N) is 1. The van der Waals surface area contributed by atoms with Crippen molar-refractivity contribution in [1.29, 1.82) is 0 Å². The summed E-state index contributed by atoms with van der Waals surface area (Å²) in [4.78, 5) is 30.1. The maximum atomic E-state index is 12.9. The number of nitrogens with zero attached hydrogens (tertiary/aromatic N) is 5. The summed E-state index contributed by atoms with van der Waals surface area (Å²) in [6.07, 6.45) is 4.70. The van der Waals surface area contributed by atoms with E-state index in [4.69, 9.17) is 5.73 Å². The summed E-state index contributed by atoms with van der Waals surface area (Å²) in [5.41, 5.74) is 7.23. The molecule has 1 aromatic carbocycles. The summed E-state index contributed by atoms with van der Waals surface area (Å²) >= 11 is 0. The van der Waals surface area contributed by atoms with E-state index in [1.54, 1.807) is 22.0 Å². The Balaban J connectivity index is 1.63. The van der Waals surface area contributed by atoms with Crippen LogP contribution in [0.2, 0.25) is 0 Å². The largest absolute Gasteiger partial charge is 0.369 e. The van der Waals surface area contributed by atoms with E-state index < -0.39 is 0 Å². The first kappa shape index (κ1) is 17.1. The van der Waals surface area contributed by atoms with E-state index in [1.165, 1.54) is 0 Å². The van der Waals surface area contributed by atoms with E-state index in [-0.39, 0.29) is 17.7 Å². The van der Waals surface area contributed by atoms with Gasteiger partial charge in [-0.15, -0.1) is 5.10 Å². The van der Waals surface area contributed by atoms with Gasteiger partial charge in [-0.2, -0.15) is 0 Å². The zero-order chi connectivity index (χ0) is 19.0. The maximum Gasteiger partial charge on any atom is 0.276 e. The van der Waals surface area contributed by atoms with Gasteiger partial charge in [0.05, 0.1) is 11.4 Å². The van der Waals surface area contributed by atoms with Crippen LogP contribution >= 0.6 is 0 Å². The van der Waals surface area contributed by atoms with Gasteiger partial charge in [0.2, 0.25) is 5.91 Å². The van der Waals surface area contributed by atoms with Gasteiger partial charge in [0.15, 0.2) is 5.69 Å². The lowest BCUT2D eigenvalue weighted by Crippen LogP contribution is -2.42. The molecule has 0 atom stereocenters. The van der Waals surface area contributed by atoms with Crippen LogP contribution in [0.15, 0.2) is 36.7 Å². The Morgan fingerprint density at radius 2 is 1.96 bits per heavy atom. The third kappa shape index (κ3) is 3.03. The first-order chi connectivity index (χ1) is 13.1. The molecule has 8 heteroatoms. The van der Waals surface area contributed by atoms with Crippen LogP contribution in [0.3, 0.4) is 0 Å². The topological polar surface area (TPSA) is 107 Å². The van der Waals surface area contributed by atoms with Gasteiger partial charge < -0.3 is 10.6 Å². The van der Waals surface area contributed by atoms with Crippen LogP contribution in [0, 0.1) is 12.8 Å². The molecule has 0 saturated carbocycles. The maximum absolute atomic E-state index is 12.9. The number of likely N-dealkylation sites (tertiary alicyclic amines) is 1. The number of pyridine rings is 1. The third-order valence-electron chi connectivity index (χ3n) is 5.17. The first-order valence-electron chi connectivity index (χ1n) is 8.90. The second-order valence-corrected chi connectivity index (χ2v) is 6.78. The second kappa shape index (κ2) is 6.79. The van der Waals surface area contributed by atoms with Crippen LogP contribution in [0.25, 0.3) is 16.5 Å². The minimum atomic E-state index is -0.297. The van der Waals surface area contributed by atoms with Crippen molar-refractivity contribution in [2.75, 3.05) is 13.1 Å². The minimum Gasteiger partial charge on any atom is -0.369 e. The molecule has 8 nitrogen and oxygen atoms in total. The van der Waals surface area contributed by atoms with Crippen molar-refractivity contribution in [3.05, 3.63) is 48.0 Å². The van der Waals surface area contributed by atoms with Crippen LogP contribution in [0.5, 0.6) is 0 Å².